The van der Waals surface area contributed by atoms with Crippen molar-refractivity contribution < 1.29 is 4.74 Å². The monoisotopic (exact) mass is 249 g/mol. The van der Waals surface area contributed by atoms with Crippen LogP contribution in [0.3, 0.4) is 0 Å². The van der Waals surface area contributed by atoms with Gasteiger partial charge >= 0.3 is 0 Å². The lowest BCUT2D eigenvalue weighted by atomic mass is 9.92. The summed E-state index contributed by atoms with van der Waals surface area (Å²) in [5, 5.41) is 3.58. The van der Waals surface area contributed by atoms with Gasteiger partial charge in [0.1, 0.15) is 0 Å². The summed E-state index contributed by atoms with van der Waals surface area (Å²) in [6, 6.07) is 9.05. The Morgan fingerprint density at radius 1 is 1.28 bits per heavy atom. The molecule has 0 bridgehead atoms. The fraction of sp³-hybridized carbons (Fsp3) is 0.625. The highest BCUT2D eigenvalue weighted by Crippen LogP contribution is 2.26. The van der Waals surface area contributed by atoms with Crippen molar-refractivity contribution in [2.24, 2.45) is 0 Å². The average Bonchev–Trinajstić information content (AvgIpc) is 2.35. The molecule has 1 rings (SSSR count). The van der Waals surface area contributed by atoms with Crippen molar-refractivity contribution in [3.8, 4) is 0 Å². The van der Waals surface area contributed by atoms with Gasteiger partial charge in [-0.2, -0.15) is 0 Å². The van der Waals surface area contributed by atoms with Gasteiger partial charge in [-0.15, -0.1) is 0 Å². The van der Waals surface area contributed by atoms with Gasteiger partial charge in [-0.05, 0) is 51.3 Å². The molecule has 2 heteroatoms. The van der Waals surface area contributed by atoms with Crippen molar-refractivity contribution in [1.29, 1.82) is 0 Å². The Balaban J connectivity index is 2.75. The van der Waals surface area contributed by atoms with Crippen molar-refractivity contribution in [2.45, 2.75) is 52.2 Å². The molecule has 102 valence electrons. The van der Waals surface area contributed by atoms with E-state index in [1.165, 1.54) is 11.1 Å². The molecule has 0 radical (unpaired) electrons. The maximum absolute atomic E-state index is 5.50. The second kappa shape index (κ2) is 6.91. The van der Waals surface area contributed by atoms with Gasteiger partial charge in [0.2, 0.25) is 0 Å². The summed E-state index contributed by atoms with van der Waals surface area (Å²) in [6.45, 7) is 9.63. The summed E-state index contributed by atoms with van der Waals surface area (Å²) in [7, 11) is 1.79. The molecule has 0 aliphatic carbocycles. The third-order valence-electron chi connectivity index (χ3n) is 3.60. The number of aryl methyl sites for hydroxylation is 1. The first kappa shape index (κ1) is 15.2. The SMILES string of the molecule is CCNC(CCC(C)(C)OC)c1ccccc1C. The zero-order valence-electron chi connectivity index (χ0n) is 12.4. The molecule has 1 unspecified atom stereocenters. The van der Waals surface area contributed by atoms with E-state index in [1.54, 1.807) is 7.11 Å². The molecule has 0 spiro atoms. The van der Waals surface area contributed by atoms with Crippen LogP contribution >= 0.6 is 0 Å². The standard InChI is InChI=1S/C16H27NO/c1-6-17-15(11-12-16(3,4)18-5)14-10-8-7-9-13(14)2/h7-10,15,17H,6,11-12H2,1-5H3. The molecule has 1 N–H and O–H groups in total. The minimum atomic E-state index is -0.0453. The van der Waals surface area contributed by atoms with Crippen molar-refractivity contribution in [3.63, 3.8) is 0 Å². The van der Waals surface area contributed by atoms with Crippen molar-refractivity contribution in [1.82, 2.24) is 5.32 Å². The molecule has 0 fully saturated rings. The quantitative estimate of drug-likeness (QED) is 0.792. The first-order valence-electron chi connectivity index (χ1n) is 6.84. The average molecular weight is 249 g/mol. The van der Waals surface area contributed by atoms with E-state index >= 15 is 0 Å². The predicted octanol–water partition coefficient (Wildman–Crippen LogP) is 3.85. The number of hydrogen-bond acceptors (Lipinski definition) is 2. The van der Waals surface area contributed by atoms with Crippen LogP contribution in [0.4, 0.5) is 0 Å². The van der Waals surface area contributed by atoms with Crippen molar-refractivity contribution >= 4 is 0 Å². The molecule has 1 aromatic rings. The minimum Gasteiger partial charge on any atom is -0.379 e. The Hall–Kier alpha value is -0.860. The maximum Gasteiger partial charge on any atom is 0.0623 e. The summed E-state index contributed by atoms with van der Waals surface area (Å²) in [5.41, 5.74) is 2.72. The zero-order valence-corrected chi connectivity index (χ0v) is 12.4. The zero-order chi connectivity index (χ0) is 13.6. The summed E-state index contributed by atoms with van der Waals surface area (Å²) in [5.74, 6) is 0. The number of rotatable bonds is 7. The van der Waals surface area contributed by atoms with Gasteiger partial charge < -0.3 is 10.1 Å². The van der Waals surface area contributed by atoms with Crippen LogP contribution in [-0.4, -0.2) is 19.3 Å². The highest BCUT2D eigenvalue weighted by Gasteiger charge is 2.20. The Morgan fingerprint density at radius 2 is 1.94 bits per heavy atom. The van der Waals surface area contributed by atoms with Gasteiger partial charge in [0.15, 0.2) is 0 Å². The lowest BCUT2D eigenvalue weighted by Gasteiger charge is -2.27. The van der Waals surface area contributed by atoms with E-state index in [9.17, 15) is 0 Å². The van der Waals surface area contributed by atoms with Crippen molar-refractivity contribution in [2.75, 3.05) is 13.7 Å². The number of nitrogens with one attached hydrogen (secondary N) is 1. The fourth-order valence-corrected chi connectivity index (χ4v) is 2.19. The first-order chi connectivity index (χ1) is 8.50. The van der Waals surface area contributed by atoms with Gasteiger partial charge in [0, 0.05) is 13.2 Å². The Kier molecular flexibility index (Phi) is 5.83. The van der Waals surface area contributed by atoms with Gasteiger partial charge in [0.25, 0.3) is 0 Å². The lowest BCUT2D eigenvalue weighted by molar-refractivity contribution is 0.0117. The Morgan fingerprint density at radius 3 is 2.50 bits per heavy atom. The molecular weight excluding hydrogens is 222 g/mol. The second-order valence-electron chi connectivity index (χ2n) is 5.47. The van der Waals surface area contributed by atoms with E-state index in [2.05, 4.69) is 57.3 Å². The van der Waals surface area contributed by atoms with Gasteiger partial charge in [-0.1, -0.05) is 31.2 Å². The molecule has 1 aromatic carbocycles. The third-order valence-corrected chi connectivity index (χ3v) is 3.60. The number of hydrogen-bond donors (Lipinski definition) is 1. The molecule has 0 aliphatic heterocycles. The van der Waals surface area contributed by atoms with Crippen LogP contribution in [0.2, 0.25) is 0 Å². The van der Waals surface area contributed by atoms with E-state index in [0.717, 1.165) is 19.4 Å². The van der Waals surface area contributed by atoms with Crippen LogP contribution in [0.25, 0.3) is 0 Å². The van der Waals surface area contributed by atoms with Crippen LogP contribution in [0.15, 0.2) is 24.3 Å². The predicted molar refractivity (Wildman–Crippen MR) is 77.9 cm³/mol. The van der Waals surface area contributed by atoms with Crippen molar-refractivity contribution in [3.05, 3.63) is 35.4 Å². The Bertz CT molecular complexity index is 360. The first-order valence-corrected chi connectivity index (χ1v) is 6.84. The minimum absolute atomic E-state index is 0.0453. The Labute approximate surface area is 112 Å². The fourth-order valence-electron chi connectivity index (χ4n) is 2.19. The highest BCUT2D eigenvalue weighted by atomic mass is 16.5. The van der Waals surface area contributed by atoms with Gasteiger partial charge in [-0.25, -0.2) is 0 Å². The molecule has 0 saturated heterocycles. The van der Waals surface area contributed by atoms with E-state index in [4.69, 9.17) is 4.74 Å². The van der Waals surface area contributed by atoms with E-state index in [1.807, 2.05) is 0 Å². The molecule has 2 nitrogen and oxygen atoms in total. The van der Waals surface area contributed by atoms with Gasteiger partial charge in [0.05, 0.1) is 5.60 Å². The molecule has 0 aromatic heterocycles. The number of methoxy groups -OCH3 is 1. The van der Waals surface area contributed by atoms with E-state index in [-0.39, 0.29) is 5.60 Å². The second-order valence-corrected chi connectivity index (χ2v) is 5.47. The highest BCUT2D eigenvalue weighted by molar-refractivity contribution is 5.28. The topological polar surface area (TPSA) is 21.3 Å². The molecule has 0 aliphatic rings. The molecule has 0 amide bonds. The lowest BCUT2D eigenvalue weighted by Crippen LogP contribution is -2.27. The summed E-state index contributed by atoms with van der Waals surface area (Å²) in [4.78, 5) is 0. The largest absolute Gasteiger partial charge is 0.379 e. The summed E-state index contributed by atoms with van der Waals surface area (Å²) in [6.07, 6.45) is 2.15. The van der Waals surface area contributed by atoms with Crippen LogP contribution < -0.4 is 5.32 Å². The van der Waals surface area contributed by atoms with Crippen LogP contribution in [0.1, 0.15) is 50.8 Å². The third kappa shape index (κ3) is 4.43. The maximum atomic E-state index is 5.50. The van der Waals surface area contributed by atoms with Crippen LogP contribution in [0.5, 0.6) is 0 Å². The molecule has 1 atom stereocenters. The summed E-state index contributed by atoms with van der Waals surface area (Å²) >= 11 is 0. The normalized spacial score (nSPS) is 13.6. The number of benzene rings is 1. The van der Waals surface area contributed by atoms with E-state index < -0.39 is 0 Å². The smallest absolute Gasteiger partial charge is 0.0623 e. The van der Waals surface area contributed by atoms with Gasteiger partial charge in [-0.3, -0.25) is 0 Å². The van der Waals surface area contributed by atoms with Crippen LogP contribution in [0, 0.1) is 6.92 Å². The molecule has 18 heavy (non-hydrogen) atoms. The summed E-state index contributed by atoms with van der Waals surface area (Å²) < 4.78 is 5.50. The van der Waals surface area contributed by atoms with Crippen LogP contribution in [-0.2, 0) is 4.74 Å². The molecule has 0 heterocycles. The van der Waals surface area contributed by atoms with E-state index in [0.29, 0.717) is 6.04 Å². The number of ether oxygens (including phenoxy) is 1. The molecule has 0 saturated carbocycles. The molecular formula is C16H27NO.